The number of nitrogens with two attached hydrogens (primary N) is 1. The number of hydrogen-bond donors (Lipinski definition) is 1. The van der Waals surface area contributed by atoms with E-state index < -0.39 is 5.91 Å². The summed E-state index contributed by atoms with van der Waals surface area (Å²) in [6.45, 7) is 4.89. The number of morpholine rings is 1. The maximum absolute atomic E-state index is 11.5. The van der Waals surface area contributed by atoms with Crippen molar-refractivity contribution in [1.82, 2.24) is 24.3 Å². The Bertz CT molecular complexity index is 1300. The van der Waals surface area contributed by atoms with E-state index >= 15 is 0 Å². The summed E-state index contributed by atoms with van der Waals surface area (Å²) in [6.07, 6.45) is 1.97. The molecule has 1 aliphatic heterocycles. The number of pyridine rings is 1. The molecule has 4 heterocycles. The van der Waals surface area contributed by atoms with Crippen molar-refractivity contribution in [3.8, 4) is 17.1 Å². The summed E-state index contributed by atoms with van der Waals surface area (Å²) in [5.74, 6) is 0.852. The molecule has 0 atom stereocenters. The predicted octanol–water partition coefficient (Wildman–Crippen LogP) is 1.99. The molecule has 0 aliphatic carbocycles. The minimum atomic E-state index is -0.425. The quantitative estimate of drug-likeness (QED) is 0.518. The Labute approximate surface area is 185 Å². The highest BCUT2D eigenvalue weighted by atomic mass is 16.5. The second-order valence-corrected chi connectivity index (χ2v) is 8.02. The molecule has 9 nitrogen and oxygen atoms in total. The molecule has 9 heteroatoms. The smallest absolute Gasteiger partial charge is 0.225 e. The first-order valence-electron chi connectivity index (χ1n) is 10.6. The summed E-state index contributed by atoms with van der Waals surface area (Å²) in [5, 5.41) is 4.78. The van der Waals surface area contributed by atoms with Crippen molar-refractivity contribution in [1.29, 1.82) is 0 Å². The SMILES string of the molecule is Cc1cccc(-c2ccn(-c3cc(N4CCOCC4)c4nc(CC(N)=O)n(C)c4n3)n2)c1. The fourth-order valence-corrected chi connectivity index (χ4v) is 4.05. The molecule has 1 fully saturated rings. The Morgan fingerprint density at radius 1 is 1.16 bits per heavy atom. The largest absolute Gasteiger partial charge is 0.378 e. The number of carbonyl (C=O) groups excluding carboxylic acids is 1. The fourth-order valence-electron chi connectivity index (χ4n) is 4.05. The molecule has 5 rings (SSSR count). The molecule has 0 saturated carbocycles. The molecule has 0 unspecified atom stereocenters. The molecule has 1 aromatic carbocycles. The number of carbonyl (C=O) groups is 1. The van der Waals surface area contributed by atoms with Crippen LogP contribution in [0.1, 0.15) is 11.4 Å². The Morgan fingerprint density at radius 3 is 2.72 bits per heavy atom. The summed E-state index contributed by atoms with van der Waals surface area (Å²) in [4.78, 5) is 23.3. The molecule has 164 valence electrons. The van der Waals surface area contributed by atoms with Crippen LogP contribution in [-0.2, 0) is 23.0 Å². The molecule has 0 spiro atoms. The molecular weight excluding hydrogens is 406 g/mol. The third kappa shape index (κ3) is 3.71. The van der Waals surface area contributed by atoms with Gasteiger partial charge in [-0.05, 0) is 19.1 Å². The average molecular weight is 432 g/mol. The number of rotatable bonds is 5. The lowest BCUT2D eigenvalue weighted by Gasteiger charge is -2.29. The van der Waals surface area contributed by atoms with Gasteiger partial charge in [-0.1, -0.05) is 23.8 Å². The highest BCUT2D eigenvalue weighted by molar-refractivity contribution is 5.89. The van der Waals surface area contributed by atoms with Gasteiger partial charge in [-0.25, -0.2) is 14.6 Å². The molecule has 3 aromatic heterocycles. The molecule has 1 saturated heterocycles. The van der Waals surface area contributed by atoms with Crippen LogP contribution in [0.15, 0.2) is 42.6 Å². The number of aryl methyl sites for hydroxylation is 2. The third-order valence-corrected chi connectivity index (χ3v) is 5.71. The van der Waals surface area contributed by atoms with Crippen LogP contribution in [0, 0.1) is 6.92 Å². The maximum atomic E-state index is 11.5. The topological polar surface area (TPSA) is 104 Å². The summed E-state index contributed by atoms with van der Waals surface area (Å²) < 4.78 is 9.14. The van der Waals surface area contributed by atoms with E-state index in [2.05, 4.69) is 24.0 Å². The molecule has 2 N–H and O–H groups in total. The van der Waals surface area contributed by atoms with Crippen molar-refractivity contribution in [2.45, 2.75) is 13.3 Å². The van der Waals surface area contributed by atoms with Gasteiger partial charge in [0.2, 0.25) is 5.91 Å². The molecule has 1 amide bonds. The van der Waals surface area contributed by atoms with E-state index in [1.165, 1.54) is 5.56 Å². The zero-order chi connectivity index (χ0) is 22.2. The summed E-state index contributed by atoms with van der Waals surface area (Å²) in [5.41, 5.74) is 10.9. The van der Waals surface area contributed by atoms with Crippen molar-refractivity contribution in [2.75, 3.05) is 31.2 Å². The number of hydrogen-bond acceptors (Lipinski definition) is 6. The van der Waals surface area contributed by atoms with E-state index in [1.54, 1.807) is 4.68 Å². The minimum absolute atomic E-state index is 0.0595. The van der Waals surface area contributed by atoms with E-state index in [4.69, 9.17) is 25.5 Å². The van der Waals surface area contributed by atoms with Gasteiger partial charge in [-0.15, -0.1) is 0 Å². The number of ether oxygens (including phenoxy) is 1. The van der Waals surface area contributed by atoms with Crippen molar-refractivity contribution >= 4 is 22.8 Å². The van der Waals surface area contributed by atoms with Crippen LogP contribution in [0.2, 0.25) is 0 Å². The summed E-state index contributed by atoms with van der Waals surface area (Å²) >= 11 is 0. The monoisotopic (exact) mass is 431 g/mol. The number of imidazole rings is 1. The van der Waals surface area contributed by atoms with Crippen molar-refractivity contribution < 1.29 is 9.53 Å². The highest BCUT2D eigenvalue weighted by Crippen LogP contribution is 2.29. The van der Waals surface area contributed by atoms with Crippen LogP contribution in [0.5, 0.6) is 0 Å². The zero-order valence-corrected chi connectivity index (χ0v) is 18.2. The Balaban J connectivity index is 1.63. The van der Waals surface area contributed by atoms with Gasteiger partial charge in [-0.2, -0.15) is 5.10 Å². The Morgan fingerprint density at radius 2 is 1.97 bits per heavy atom. The lowest BCUT2D eigenvalue weighted by molar-refractivity contribution is -0.117. The van der Waals surface area contributed by atoms with Gasteiger partial charge in [0.1, 0.15) is 11.3 Å². The first-order valence-corrected chi connectivity index (χ1v) is 10.6. The van der Waals surface area contributed by atoms with Gasteiger partial charge in [0.25, 0.3) is 0 Å². The van der Waals surface area contributed by atoms with Gasteiger partial charge < -0.3 is 19.9 Å². The van der Waals surface area contributed by atoms with Crippen LogP contribution in [0.3, 0.4) is 0 Å². The lowest BCUT2D eigenvalue weighted by atomic mass is 10.1. The molecule has 32 heavy (non-hydrogen) atoms. The average Bonchev–Trinajstić information content (AvgIpc) is 3.39. The van der Waals surface area contributed by atoms with Gasteiger partial charge in [0.05, 0.1) is 31.0 Å². The van der Waals surface area contributed by atoms with Crippen LogP contribution in [0.25, 0.3) is 28.2 Å². The molecule has 1 aliphatic rings. The van der Waals surface area contributed by atoms with Crippen LogP contribution in [0.4, 0.5) is 5.69 Å². The first kappa shape index (κ1) is 20.2. The van der Waals surface area contributed by atoms with Gasteiger partial charge in [0, 0.05) is 38.0 Å². The summed E-state index contributed by atoms with van der Waals surface area (Å²) in [7, 11) is 1.86. The van der Waals surface area contributed by atoms with Gasteiger partial charge >= 0.3 is 0 Å². The number of nitrogens with zero attached hydrogens (tertiary/aromatic N) is 6. The predicted molar refractivity (Wildman–Crippen MR) is 122 cm³/mol. The van der Waals surface area contributed by atoms with E-state index in [1.807, 2.05) is 42.1 Å². The number of amides is 1. The first-order chi connectivity index (χ1) is 15.5. The normalized spacial score (nSPS) is 14.2. The Hall–Kier alpha value is -3.72. The molecular formula is C23H25N7O2. The van der Waals surface area contributed by atoms with Crippen molar-refractivity contribution in [2.24, 2.45) is 12.8 Å². The van der Waals surface area contributed by atoms with E-state index in [0.29, 0.717) is 30.5 Å². The number of fused-ring (bicyclic) bond motifs is 1. The number of aromatic nitrogens is 5. The van der Waals surface area contributed by atoms with Crippen molar-refractivity contribution in [3.63, 3.8) is 0 Å². The van der Waals surface area contributed by atoms with Crippen LogP contribution >= 0.6 is 0 Å². The van der Waals surface area contributed by atoms with Gasteiger partial charge in [-0.3, -0.25) is 4.79 Å². The molecule has 0 radical (unpaired) electrons. The molecule has 4 aromatic rings. The van der Waals surface area contributed by atoms with E-state index in [9.17, 15) is 4.79 Å². The van der Waals surface area contributed by atoms with E-state index in [-0.39, 0.29) is 6.42 Å². The standard InChI is InChI=1S/C23H25N7O2/c1-15-4-3-5-16(12-15)17-6-7-30(27-17)21-13-18(29-8-10-32-11-9-29)22-23(26-21)28(2)20(25-22)14-19(24)31/h3-7,12-13H,8-11,14H2,1-2H3,(H2,24,31). The van der Waals surface area contributed by atoms with E-state index in [0.717, 1.165) is 35.6 Å². The molecule has 0 bridgehead atoms. The summed E-state index contributed by atoms with van der Waals surface area (Å²) in [6, 6.07) is 12.2. The fraction of sp³-hybridized carbons (Fsp3) is 0.304. The zero-order valence-electron chi connectivity index (χ0n) is 18.2. The van der Waals surface area contributed by atoms with Crippen LogP contribution < -0.4 is 10.6 Å². The third-order valence-electron chi connectivity index (χ3n) is 5.71. The lowest BCUT2D eigenvalue weighted by Crippen LogP contribution is -2.36. The number of anilines is 1. The highest BCUT2D eigenvalue weighted by Gasteiger charge is 2.22. The van der Waals surface area contributed by atoms with Crippen LogP contribution in [-0.4, -0.2) is 56.5 Å². The van der Waals surface area contributed by atoms with Gasteiger partial charge in [0.15, 0.2) is 11.5 Å². The second-order valence-electron chi connectivity index (χ2n) is 8.02. The Kier molecular flexibility index (Phi) is 5.10. The van der Waals surface area contributed by atoms with Crippen molar-refractivity contribution in [3.05, 3.63) is 54.0 Å². The number of benzene rings is 1. The second kappa shape index (κ2) is 8.08. The number of primary amides is 1. The minimum Gasteiger partial charge on any atom is -0.378 e. The maximum Gasteiger partial charge on any atom is 0.225 e.